The number of nitriles is 1. The van der Waals surface area contributed by atoms with Crippen LogP contribution in [0.5, 0.6) is 5.75 Å². The van der Waals surface area contributed by atoms with E-state index >= 15 is 0 Å². The Hall–Kier alpha value is -3.56. The van der Waals surface area contributed by atoms with Crippen molar-refractivity contribution >= 4 is 21.7 Å². The number of ether oxygens (including phenoxy) is 1. The van der Waals surface area contributed by atoms with Crippen LogP contribution in [0.2, 0.25) is 0 Å². The highest BCUT2D eigenvalue weighted by Gasteiger charge is 2.41. The van der Waals surface area contributed by atoms with E-state index in [-0.39, 0.29) is 62.0 Å². The molecule has 1 N–H and O–H groups in total. The van der Waals surface area contributed by atoms with Crippen LogP contribution >= 0.6 is 0 Å². The van der Waals surface area contributed by atoms with Gasteiger partial charge < -0.3 is 15.0 Å². The smallest absolute Gasteiger partial charge is 0.248 e. The molecule has 1 saturated heterocycles. The van der Waals surface area contributed by atoms with E-state index in [9.17, 15) is 32.0 Å². The van der Waals surface area contributed by atoms with Crippen LogP contribution in [0.15, 0.2) is 47.4 Å². The minimum Gasteiger partial charge on any atom is -0.489 e. The van der Waals surface area contributed by atoms with Crippen molar-refractivity contribution in [1.29, 1.82) is 5.26 Å². The average Bonchev–Trinajstić information content (AvgIpc) is 2.97. The van der Waals surface area contributed by atoms with Crippen LogP contribution in [0.1, 0.15) is 55.7 Å². The summed E-state index contributed by atoms with van der Waals surface area (Å²) in [5.74, 6) is -2.53. The number of carbonyl (C=O) groups is 2. The third-order valence-corrected chi connectivity index (χ3v) is 9.40. The van der Waals surface area contributed by atoms with Crippen LogP contribution in [0.3, 0.4) is 0 Å². The first-order valence-corrected chi connectivity index (χ1v) is 16.2. The number of hydrogen-bond acceptors (Lipinski definition) is 7. The van der Waals surface area contributed by atoms with E-state index < -0.39 is 21.2 Å². The van der Waals surface area contributed by atoms with E-state index in [1.54, 1.807) is 47.4 Å². The molecule has 1 aliphatic heterocycles. The Balaban J connectivity index is 1.26. The van der Waals surface area contributed by atoms with Crippen LogP contribution < -0.4 is 10.1 Å². The van der Waals surface area contributed by atoms with Crippen LogP contribution in [0.4, 0.5) is 8.78 Å². The molecule has 2 aromatic rings. The van der Waals surface area contributed by atoms with Gasteiger partial charge in [0, 0.05) is 63.8 Å². The Morgan fingerprint density at radius 2 is 1.67 bits per heavy atom. The Morgan fingerprint density at radius 1 is 1.02 bits per heavy atom. The number of benzene rings is 2. The molecule has 0 spiro atoms. The van der Waals surface area contributed by atoms with Crippen molar-refractivity contribution in [1.82, 2.24) is 15.1 Å². The number of carbonyl (C=O) groups excluding carboxylic acids is 2. The second-order valence-electron chi connectivity index (χ2n) is 11.9. The van der Waals surface area contributed by atoms with E-state index in [0.717, 1.165) is 17.4 Å². The summed E-state index contributed by atoms with van der Waals surface area (Å²) < 4.78 is 56.5. The fourth-order valence-corrected chi connectivity index (χ4v) is 6.07. The summed E-state index contributed by atoms with van der Waals surface area (Å²) >= 11 is 0. The molecule has 2 fully saturated rings. The summed E-state index contributed by atoms with van der Waals surface area (Å²) in [6.07, 6.45) is 1.42. The molecule has 232 valence electrons. The molecule has 0 atom stereocenters. The first-order chi connectivity index (χ1) is 20.2. The predicted octanol–water partition coefficient (Wildman–Crippen LogP) is 3.91. The number of halogens is 2. The van der Waals surface area contributed by atoms with Crippen LogP contribution in [-0.4, -0.2) is 74.9 Å². The van der Waals surface area contributed by atoms with Crippen molar-refractivity contribution in [2.45, 2.75) is 63.0 Å². The fraction of sp³-hybridized carbons (Fsp3) is 0.516. The monoisotopic (exact) mass is 616 g/mol. The van der Waals surface area contributed by atoms with Gasteiger partial charge in [-0.1, -0.05) is 19.1 Å². The maximum Gasteiger partial charge on any atom is 0.248 e. The minimum absolute atomic E-state index is 0.127. The van der Waals surface area contributed by atoms with Gasteiger partial charge in [-0.15, -0.1) is 0 Å². The van der Waals surface area contributed by atoms with Crippen molar-refractivity contribution in [2.75, 3.05) is 39.0 Å². The summed E-state index contributed by atoms with van der Waals surface area (Å²) in [6.45, 7) is 4.59. The molecule has 12 heteroatoms. The molecule has 9 nitrogen and oxygen atoms in total. The number of amides is 2. The normalized spacial score (nSPS) is 18.4. The summed E-state index contributed by atoms with van der Waals surface area (Å²) in [6, 6.07) is 13.9. The Kier molecular flexibility index (Phi) is 10.1. The Morgan fingerprint density at radius 3 is 2.28 bits per heavy atom. The van der Waals surface area contributed by atoms with Crippen molar-refractivity contribution in [2.24, 2.45) is 5.41 Å². The molecule has 1 heterocycles. The molecule has 0 bridgehead atoms. The quantitative estimate of drug-likeness (QED) is 0.430. The standard InChI is InChI=1S/C31H38F2N4O5S/c1-30(9-11-31(32,33)12-10-30)18-28(38)35-20-29(39)37-15-13-36(14-16-37)21-25-17-24(19-34)5-8-27(25)42-22-23-3-6-26(7-4-23)43(2,40)41/h3-8,17H,9-16,18,20-22H2,1-2H3,(H,35,38). The van der Waals surface area contributed by atoms with Crippen LogP contribution in [0.25, 0.3) is 0 Å². The molecule has 0 unspecified atom stereocenters. The average molecular weight is 617 g/mol. The first kappa shape index (κ1) is 32.4. The van der Waals surface area contributed by atoms with Gasteiger partial charge in [0.05, 0.1) is 23.1 Å². The lowest BCUT2D eigenvalue weighted by Gasteiger charge is -2.37. The van der Waals surface area contributed by atoms with Crippen molar-refractivity contribution < 1.29 is 31.5 Å². The van der Waals surface area contributed by atoms with Gasteiger partial charge in [0.15, 0.2) is 9.84 Å². The van der Waals surface area contributed by atoms with Gasteiger partial charge in [-0.3, -0.25) is 14.5 Å². The lowest BCUT2D eigenvalue weighted by molar-refractivity contribution is -0.135. The zero-order valence-corrected chi connectivity index (χ0v) is 25.4. The molecule has 2 aliphatic rings. The third kappa shape index (κ3) is 9.21. The fourth-order valence-electron chi connectivity index (χ4n) is 5.44. The van der Waals surface area contributed by atoms with E-state index in [1.807, 2.05) is 6.92 Å². The molecular weight excluding hydrogens is 578 g/mol. The predicted molar refractivity (Wildman–Crippen MR) is 156 cm³/mol. The maximum absolute atomic E-state index is 13.5. The molecule has 1 aliphatic carbocycles. The Bertz CT molecular complexity index is 1460. The number of alkyl halides is 2. The third-order valence-electron chi connectivity index (χ3n) is 8.27. The van der Waals surface area contributed by atoms with Crippen molar-refractivity contribution in [3.8, 4) is 11.8 Å². The zero-order valence-electron chi connectivity index (χ0n) is 24.6. The molecule has 43 heavy (non-hydrogen) atoms. The van der Waals surface area contributed by atoms with Gasteiger partial charge in [0.2, 0.25) is 17.7 Å². The van der Waals surface area contributed by atoms with E-state index in [4.69, 9.17) is 4.74 Å². The molecule has 0 radical (unpaired) electrons. The lowest BCUT2D eigenvalue weighted by atomic mass is 9.72. The van der Waals surface area contributed by atoms with Crippen LogP contribution in [0, 0.1) is 16.7 Å². The van der Waals surface area contributed by atoms with E-state index in [0.29, 0.717) is 44.0 Å². The SMILES string of the molecule is CC1(CC(=O)NCC(=O)N2CCN(Cc3cc(C#N)ccc3OCc3ccc(S(C)(=O)=O)cc3)CC2)CCC(F)(F)CC1. The lowest BCUT2D eigenvalue weighted by Crippen LogP contribution is -2.51. The Labute approximate surface area is 251 Å². The number of sulfone groups is 1. The summed E-state index contributed by atoms with van der Waals surface area (Å²) in [5.41, 5.74) is 1.65. The van der Waals surface area contributed by atoms with Crippen molar-refractivity contribution in [3.05, 3.63) is 59.2 Å². The number of piperazine rings is 1. The van der Waals surface area contributed by atoms with E-state index in [2.05, 4.69) is 16.3 Å². The second kappa shape index (κ2) is 13.4. The summed E-state index contributed by atoms with van der Waals surface area (Å²) in [7, 11) is -3.29. The number of hydrogen-bond donors (Lipinski definition) is 1. The molecule has 4 rings (SSSR count). The molecular formula is C31H38F2N4O5S. The largest absolute Gasteiger partial charge is 0.489 e. The van der Waals surface area contributed by atoms with Crippen molar-refractivity contribution in [3.63, 3.8) is 0 Å². The van der Waals surface area contributed by atoms with Gasteiger partial charge in [-0.2, -0.15) is 5.26 Å². The van der Waals surface area contributed by atoms with Gasteiger partial charge in [0.25, 0.3) is 0 Å². The van der Waals surface area contributed by atoms with E-state index in [1.165, 1.54) is 0 Å². The van der Waals surface area contributed by atoms with Crippen LogP contribution in [-0.2, 0) is 32.6 Å². The molecule has 2 amide bonds. The molecule has 2 aromatic carbocycles. The van der Waals surface area contributed by atoms with Gasteiger partial charge in [0.1, 0.15) is 12.4 Å². The minimum atomic E-state index is -3.29. The van der Waals surface area contributed by atoms with Gasteiger partial charge >= 0.3 is 0 Å². The summed E-state index contributed by atoms with van der Waals surface area (Å²) in [4.78, 5) is 29.3. The topological polar surface area (TPSA) is 120 Å². The van der Waals surface area contributed by atoms with Gasteiger partial charge in [-0.25, -0.2) is 17.2 Å². The van der Waals surface area contributed by atoms with Gasteiger partial charge in [-0.05, 0) is 54.2 Å². The molecule has 1 saturated carbocycles. The first-order valence-electron chi connectivity index (χ1n) is 14.3. The summed E-state index contributed by atoms with van der Waals surface area (Å²) in [5, 5.41) is 12.1. The number of rotatable bonds is 10. The number of nitrogens with zero attached hydrogens (tertiary/aromatic N) is 3. The highest BCUT2D eigenvalue weighted by Crippen LogP contribution is 2.45. The highest BCUT2D eigenvalue weighted by molar-refractivity contribution is 7.90. The highest BCUT2D eigenvalue weighted by atomic mass is 32.2. The second-order valence-corrected chi connectivity index (χ2v) is 13.9. The molecule has 0 aromatic heterocycles. The number of nitrogens with one attached hydrogen (secondary N) is 1. The zero-order chi connectivity index (χ0) is 31.3. The maximum atomic E-state index is 13.5.